The minimum absolute atomic E-state index is 0.0693. The second kappa shape index (κ2) is 7.27. The maximum absolute atomic E-state index is 12.8. The van der Waals surface area contributed by atoms with E-state index in [0.29, 0.717) is 5.69 Å². The van der Waals surface area contributed by atoms with E-state index in [9.17, 15) is 9.18 Å². The molecule has 0 aromatic heterocycles. The van der Waals surface area contributed by atoms with E-state index in [1.165, 1.54) is 23.3 Å². The van der Waals surface area contributed by atoms with Crippen LogP contribution in [-0.2, 0) is 10.5 Å². The van der Waals surface area contributed by atoms with Crippen LogP contribution in [0.4, 0.5) is 10.1 Å². The van der Waals surface area contributed by atoms with Gasteiger partial charge in [-0.3, -0.25) is 4.79 Å². The molecular formula is C17H18FNOS. The number of thioether (sulfide) groups is 1. The largest absolute Gasteiger partial charge is 0.325 e. The number of nitrogens with one attached hydrogen (secondary N) is 1. The highest BCUT2D eigenvalue weighted by molar-refractivity contribution is 7.99. The van der Waals surface area contributed by atoms with Crippen molar-refractivity contribution < 1.29 is 9.18 Å². The topological polar surface area (TPSA) is 29.1 Å². The predicted octanol–water partition coefficient (Wildman–Crippen LogP) is 4.39. The first-order valence-electron chi connectivity index (χ1n) is 6.79. The molecule has 0 bridgehead atoms. The minimum Gasteiger partial charge on any atom is -0.325 e. The molecule has 2 aromatic rings. The first-order valence-corrected chi connectivity index (χ1v) is 7.83. The third-order valence-corrected chi connectivity index (χ3v) is 4.42. The Bertz CT molecular complexity index is 612. The molecule has 0 fully saturated rings. The lowest BCUT2D eigenvalue weighted by molar-refractivity contribution is -0.115. The lowest BCUT2D eigenvalue weighted by atomic mass is 10.1. The summed E-state index contributed by atoms with van der Waals surface area (Å²) in [5, 5.41) is 2.62. The molecule has 4 heteroatoms. The van der Waals surface area contributed by atoms with Gasteiger partial charge in [-0.1, -0.05) is 24.3 Å². The predicted molar refractivity (Wildman–Crippen MR) is 87.0 cm³/mol. The quantitative estimate of drug-likeness (QED) is 0.887. The third-order valence-electron chi connectivity index (χ3n) is 3.23. The number of anilines is 1. The number of hydrogen-bond donors (Lipinski definition) is 1. The van der Waals surface area contributed by atoms with Crippen LogP contribution in [0.2, 0.25) is 0 Å². The number of carbonyl (C=O) groups is 1. The van der Waals surface area contributed by atoms with Gasteiger partial charge in [0.1, 0.15) is 5.82 Å². The molecule has 0 saturated heterocycles. The van der Waals surface area contributed by atoms with Crippen LogP contribution in [0.3, 0.4) is 0 Å². The lowest BCUT2D eigenvalue weighted by Crippen LogP contribution is -2.22. The minimum atomic E-state index is -0.310. The molecule has 0 aliphatic heterocycles. The summed E-state index contributed by atoms with van der Waals surface area (Å²) >= 11 is 1.59. The average molecular weight is 303 g/mol. The fraction of sp³-hybridized carbons (Fsp3) is 0.235. The summed E-state index contributed by atoms with van der Waals surface area (Å²) in [5.41, 5.74) is 3.09. The Balaban J connectivity index is 1.88. The Hall–Kier alpha value is -1.81. The monoisotopic (exact) mass is 303 g/mol. The smallest absolute Gasteiger partial charge is 0.237 e. The van der Waals surface area contributed by atoms with Gasteiger partial charge in [0, 0.05) is 11.4 Å². The fourth-order valence-electron chi connectivity index (χ4n) is 1.84. The van der Waals surface area contributed by atoms with Gasteiger partial charge in [0.25, 0.3) is 0 Å². The maximum Gasteiger partial charge on any atom is 0.237 e. The second-order valence-corrected chi connectivity index (χ2v) is 6.20. The Morgan fingerprint density at radius 2 is 1.86 bits per heavy atom. The molecule has 2 aromatic carbocycles. The van der Waals surface area contributed by atoms with Crippen LogP contribution in [0.5, 0.6) is 0 Å². The molecule has 2 rings (SSSR count). The average Bonchev–Trinajstić information content (AvgIpc) is 2.48. The zero-order chi connectivity index (χ0) is 15.2. The summed E-state index contributed by atoms with van der Waals surface area (Å²) in [5.74, 6) is 0.417. The van der Waals surface area contributed by atoms with Gasteiger partial charge < -0.3 is 5.32 Å². The Morgan fingerprint density at radius 3 is 2.52 bits per heavy atom. The molecule has 0 saturated carbocycles. The van der Waals surface area contributed by atoms with Crippen molar-refractivity contribution in [3.8, 4) is 0 Å². The molecule has 0 radical (unpaired) electrons. The van der Waals surface area contributed by atoms with Crippen molar-refractivity contribution in [2.75, 3.05) is 5.32 Å². The van der Waals surface area contributed by atoms with E-state index in [4.69, 9.17) is 0 Å². The van der Waals surface area contributed by atoms with Crippen LogP contribution in [0, 0.1) is 12.7 Å². The molecule has 0 unspecified atom stereocenters. The second-order valence-electron chi connectivity index (χ2n) is 4.88. The van der Waals surface area contributed by atoms with Gasteiger partial charge in [-0.05, 0) is 49.2 Å². The number of benzene rings is 2. The standard InChI is InChI=1S/C17H18FNOS/c1-12-5-3-4-6-14(12)11-21-13(2)17(20)19-16-9-7-15(18)8-10-16/h3-10,13H,11H2,1-2H3,(H,19,20)/t13-/m0/s1. The Labute approximate surface area is 128 Å². The molecule has 1 atom stereocenters. The van der Waals surface area contributed by atoms with Crippen LogP contribution in [0.15, 0.2) is 48.5 Å². The Morgan fingerprint density at radius 1 is 1.19 bits per heavy atom. The number of aryl methyl sites for hydroxylation is 1. The van der Waals surface area contributed by atoms with Crippen molar-refractivity contribution in [2.24, 2.45) is 0 Å². The van der Waals surface area contributed by atoms with Crippen LogP contribution in [0.25, 0.3) is 0 Å². The molecule has 110 valence electrons. The number of carbonyl (C=O) groups excluding carboxylic acids is 1. The summed E-state index contributed by atoms with van der Waals surface area (Å²) in [6.07, 6.45) is 0. The lowest BCUT2D eigenvalue weighted by Gasteiger charge is -2.13. The van der Waals surface area contributed by atoms with Crippen molar-refractivity contribution >= 4 is 23.4 Å². The SMILES string of the molecule is Cc1ccccc1CS[C@@H](C)C(=O)Nc1ccc(F)cc1. The van der Waals surface area contributed by atoms with E-state index in [2.05, 4.69) is 24.4 Å². The van der Waals surface area contributed by atoms with E-state index < -0.39 is 0 Å². The number of amides is 1. The highest BCUT2D eigenvalue weighted by atomic mass is 32.2. The summed E-state index contributed by atoms with van der Waals surface area (Å²) < 4.78 is 12.8. The number of hydrogen-bond acceptors (Lipinski definition) is 2. The molecule has 0 spiro atoms. The van der Waals surface area contributed by atoms with Gasteiger partial charge in [0.2, 0.25) is 5.91 Å². The van der Waals surface area contributed by atoms with E-state index in [0.717, 1.165) is 5.75 Å². The van der Waals surface area contributed by atoms with E-state index in [1.807, 2.05) is 19.1 Å². The van der Waals surface area contributed by atoms with Crippen LogP contribution < -0.4 is 5.32 Å². The summed E-state index contributed by atoms with van der Waals surface area (Å²) in [6, 6.07) is 14.0. The van der Waals surface area contributed by atoms with E-state index >= 15 is 0 Å². The van der Waals surface area contributed by atoms with Crippen LogP contribution in [0.1, 0.15) is 18.1 Å². The molecule has 2 nitrogen and oxygen atoms in total. The van der Waals surface area contributed by atoms with Gasteiger partial charge in [0.15, 0.2) is 0 Å². The molecule has 0 aliphatic carbocycles. The van der Waals surface area contributed by atoms with E-state index in [-0.39, 0.29) is 17.0 Å². The Kier molecular flexibility index (Phi) is 5.39. The number of rotatable bonds is 5. The van der Waals surface area contributed by atoms with Crippen LogP contribution in [-0.4, -0.2) is 11.2 Å². The molecule has 1 N–H and O–H groups in total. The number of halogens is 1. The summed E-state index contributed by atoms with van der Waals surface area (Å²) in [4.78, 5) is 12.1. The normalized spacial score (nSPS) is 12.0. The van der Waals surface area contributed by atoms with Crippen molar-refractivity contribution in [1.29, 1.82) is 0 Å². The molecule has 0 heterocycles. The highest BCUT2D eigenvalue weighted by Crippen LogP contribution is 2.21. The first kappa shape index (κ1) is 15.6. The summed E-state index contributed by atoms with van der Waals surface area (Å²) in [6.45, 7) is 3.95. The van der Waals surface area contributed by atoms with E-state index in [1.54, 1.807) is 23.9 Å². The molecule has 21 heavy (non-hydrogen) atoms. The van der Waals surface area contributed by atoms with Crippen molar-refractivity contribution in [1.82, 2.24) is 0 Å². The maximum atomic E-state index is 12.8. The fourth-order valence-corrected chi connectivity index (χ4v) is 2.80. The molecular weight excluding hydrogens is 285 g/mol. The van der Waals surface area contributed by atoms with Gasteiger partial charge in [-0.2, -0.15) is 0 Å². The van der Waals surface area contributed by atoms with Gasteiger partial charge in [-0.25, -0.2) is 4.39 Å². The zero-order valence-corrected chi connectivity index (χ0v) is 12.9. The van der Waals surface area contributed by atoms with Gasteiger partial charge in [-0.15, -0.1) is 11.8 Å². The zero-order valence-electron chi connectivity index (χ0n) is 12.1. The van der Waals surface area contributed by atoms with Crippen LogP contribution >= 0.6 is 11.8 Å². The first-order chi connectivity index (χ1) is 10.1. The third kappa shape index (κ3) is 4.60. The van der Waals surface area contributed by atoms with Gasteiger partial charge >= 0.3 is 0 Å². The highest BCUT2D eigenvalue weighted by Gasteiger charge is 2.14. The van der Waals surface area contributed by atoms with Crippen molar-refractivity contribution in [3.05, 3.63) is 65.5 Å². The van der Waals surface area contributed by atoms with Gasteiger partial charge in [0.05, 0.1) is 5.25 Å². The van der Waals surface area contributed by atoms with Crippen molar-refractivity contribution in [2.45, 2.75) is 24.9 Å². The molecule has 1 amide bonds. The summed E-state index contributed by atoms with van der Waals surface area (Å²) in [7, 11) is 0. The molecule has 0 aliphatic rings. The van der Waals surface area contributed by atoms with Crippen molar-refractivity contribution in [3.63, 3.8) is 0 Å².